The molecule has 25 heavy (non-hydrogen) atoms. The second-order valence-electron chi connectivity index (χ2n) is 7.94. The Labute approximate surface area is 153 Å². The van der Waals surface area contributed by atoms with Crippen LogP contribution in [0.5, 0.6) is 0 Å². The summed E-state index contributed by atoms with van der Waals surface area (Å²) < 4.78 is 5.50. The standard InChI is InChI=1S/C19H38N4O2/c1-7-15(3)22-17(20-8-2)21-12-11-16-10-9-13-23(14-16)18(24)25-19(4,5)6/h15-16H,7-14H2,1-6H3,(H2,20,21,22). The molecule has 2 unspecified atom stereocenters. The van der Waals surface area contributed by atoms with Crippen molar-refractivity contribution >= 4 is 12.1 Å². The molecule has 1 heterocycles. The van der Waals surface area contributed by atoms with Crippen LogP contribution in [-0.4, -0.2) is 54.8 Å². The zero-order chi connectivity index (χ0) is 18.9. The molecule has 0 spiro atoms. The van der Waals surface area contributed by atoms with E-state index < -0.39 is 5.60 Å². The number of rotatable bonds is 6. The molecule has 2 atom stereocenters. The first-order valence-electron chi connectivity index (χ1n) is 9.78. The van der Waals surface area contributed by atoms with E-state index in [2.05, 4.69) is 36.4 Å². The number of nitrogens with one attached hydrogen (secondary N) is 2. The summed E-state index contributed by atoms with van der Waals surface area (Å²) in [5.41, 5.74) is -0.434. The van der Waals surface area contributed by atoms with Gasteiger partial charge in [0.05, 0.1) is 0 Å². The molecule has 0 aliphatic carbocycles. The topological polar surface area (TPSA) is 66.0 Å². The Kier molecular flexibility index (Phi) is 9.08. The Morgan fingerprint density at radius 2 is 2.08 bits per heavy atom. The van der Waals surface area contributed by atoms with Crippen LogP contribution >= 0.6 is 0 Å². The van der Waals surface area contributed by atoms with E-state index in [9.17, 15) is 4.79 Å². The second-order valence-corrected chi connectivity index (χ2v) is 7.94. The zero-order valence-electron chi connectivity index (χ0n) is 17.0. The highest BCUT2D eigenvalue weighted by Crippen LogP contribution is 2.21. The van der Waals surface area contributed by atoms with Crippen molar-refractivity contribution in [2.45, 2.75) is 78.9 Å². The summed E-state index contributed by atoms with van der Waals surface area (Å²) in [7, 11) is 0. The van der Waals surface area contributed by atoms with Crippen LogP contribution in [0.25, 0.3) is 0 Å². The number of piperidine rings is 1. The molecule has 1 aliphatic rings. The maximum Gasteiger partial charge on any atom is 0.410 e. The van der Waals surface area contributed by atoms with Crippen molar-refractivity contribution < 1.29 is 9.53 Å². The zero-order valence-corrected chi connectivity index (χ0v) is 17.0. The van der Waals surface area contributed by atoms with Gasteiger partial charge in [-0.05, 0) is 66.2 Å². The van der Waals surface area contributed by atoms with Crippen molar-refractivity contribution in [3.8, 4) is 0 Å². The average molecular weight is 355 g/mol. The molecule has 146 valence electrons. The lowest BCUT2D eigenvalue weighted by atomic mass is 9.95. The lowest BCUT2D eigenvalue weighted by molar-refractivity contribution is 0.0163. The molecule has 0 aromatic rings. The van der Waals surface area contributed by atoms with E-state index in [1.807, 2.05) is 25.7 Å². The van der Waals surface area contributed by atoms with Gasteiger partial charge in [-0.3, -0.25) is 4.99 Å². The maximum atomic E-state index is 12.2. The smallest absolute Gasteiger partial charge is 0.410 e. The fourth-order valence-corrected chi connectivity index (χ4v) is 2.81. The third kappa shape index (κ3) is 8.98. The Balaban J connectivity index is 2.47. The molecule has 1 fully saturated rings. The van der Waals surface area contributed by atoms with Gasteiger partial charge in [-0.2, -0.15) is 0 Å². The summed E-state index contributed by atoms with van der Waals surface area (Å²) in [5.74, 6) is 1.38. The van der Waals surface area contributed by atoms with Gasteiger partial charge in [0.2, 0.25) is 0 Å². The molecule has 1 rings (SSSR count). The molecular formula is C19H38N4O2. The molecule has 6 nitrogen and oxygen atoms in total. The van der Waals surface area contributed by atoms with Gasteiger partial charge in [-0.15, -0.1) is 0 Å². The second kappa shape index (κ2) is 10.5. The number of amides is 1. The fourth-order valence-electron chi connectivity index (χ4n) is 2.81. The van der Waals surface area contributed by atoms with Crippen LogP contribution in [-0.2, 0) is 4.74 Å². The molecule has 0 saturated carbocycles. The number of carbonyl (C=O) groups excluding carboxylic acids is 1. The molecule has 0 bridgehead atoms. The quantitative estimate of drug-likeness (QED) is 0.567. The van der Waals surface area contributed by atoms with Crippen molar-refractivity contribution in [2.24, 2.45) is 10.9 Å². The van der Waals surface area contributed by atoms with E-state index in [1.54, 1.807) is 0 Å². The maximum absolute atomic E-state index is 12.2. The molecule has 6 heteroatoms. The van der Waals surface area contributed by atoms with E-state index in [0.717, 1.165) is 57.8 Å². The number of hydrogen-bond acceptors (Lipinski definition) is 3. The molecule has 0 aromatic heterocycles. The average Bonchev–Trinajstić information content (AvgIpc) is 2.53. The van der Waals surface area contributed by atoms with E-state index in [-0.39, 0.29) is 6.09 Å². The highest BCUT2D eigenvalue weighted by molar-refractivity contribution is 5.80. The minimum absolute atomic E-state index is 0.188. The molecule has 0 aromatic carbocycles. The minimum Gasteiger partial charge on any atom is -0.444 e. The summed E-state index contributed by atoms with van der Waals surface area (Å²) in [4.78, 5) is 18.8. The third-order valence-corrected chi connectivity index (χ3v) is 4.32. The van der Waals surface area contributed by atoms with E-state index in [0.29, 0.717) is 12.0 Å². The van der Waals surface area contributed by atoms with Gasteiger partial charge in [-0.25, -0.2) is 4.79 Å². The molecule has 1 amide bonds. The monoisotopic (exact) mass is 354 g/mol. The molecule has 0 radical (unpaired) electrons. The summed E-state index contributed by atoms with van der Waals surface area (Å²) in [6.45, 7) is 15.3. The van der Waals surface area contributed by atoms with Crippen molar-refractivity contribution in [3.63, 3.8) is 0 Å². The van der Waals surface area contributed by atoms with Crippen molar-refractivity contribution in [3.05, 3.63) is 0 Å². The predicted molar refractivity (Wildman–Crippen MR) is 104 cm³/mol. The highest BCUT2D eigenvalue weighted by Gasteiger charge is 2.27. The van der Waals surface area contributed by atoms with E-state index in [1.165, 1.54) is 0 Å². The Bertz CT molecular complexity index is 432. The van der Waals surface area contributed by atoms with Gasteiger partial charge in [0.15, 0.2) is 5.96 Å². The van der Waals surface area contributed by atoms with Crippen molar-refractivity contribution in [1.29, 1.82) is 0 Å². The van der Waals surface area contributed by atoms with Crippen LogP contribution in [0.2, 0.25) is 0 Å². The van der Waals surface area contributed by atoms with Gasteiger partial charge in [-0.1, -0.05) is 6.92 Å². The van der Waals surface area contributed by atoms with Gasteiger partial charge >= 0.3 is 6.09 Å². The summed E-state index contributed by atoms with van der Waals surface area (Å²) in [5, 5.41) is 6.71. The van der Waals surface area contributed by atoms with Crippen LogP contribution < -0.4 is 10.6 Å². The fraction of sp³-hybridized carbons (Fsp3) is 0.895. The predicted octanol–water partition coefficient (Wildman–Crippen LogP) is 3.38. The number of ether oxygens (including phenoxy) is 1. The summed E-state index contributed by atoms with van der Waals surface area (Å²) >= 11 is 0. The van der Waals surface area contributed by atoms with Crippen molar-refractivity contribution in [1.82, 2.24) is 15.5 Å². The number of nitrogens with zero attached hydrogens (tertiary/aromatic N) is 2. The van der Waals surface area contributed by atoms with Crippen LogP contribution in [0, 0.1) is 5.92 Å². The first kappa shape index (κ1) is 21.6. The van der Waals surface area contributed by atoms with Crippen molar-refractivity contribution in [2.75, 3.05) is 26.2 Å². The first-order chi connectivity index (χ1) is 11.7. The number of aliphatic imine (C=N–C) groups is 1. The van der Waals surface area contributed by atoms with Crippen LogP contribution in [0.15, 0.2) is 4.99 Å². The SMILES string of the molecule is CCNC(=NCCC1CCCN(C(=O)OC(C)(C)C)C1)NC(C)CC. The largest absolute Gasteiger partial charge is 0.444 e. The van der Waals surface area contributed by atoms with Gasteiger partial charge in [0.25, 0.3) is 0 Å². The Hall–Kier alpha value is -1.46. The Morgan fingerprint density at radius 1 is 1.36 bits per heavy atom. The number of guanidine groups is 1. The van der Waals surface area contributed by atoms with Gasteiger partial charge < -0.3 is 20.3 Å². The lowest BCUT2D eigenvalue weighted by Crippen LogP contribution is -2.43. The van der Waals surface area contributed by atoms with Crippen LogP contribution in [0.4, 0.5) is 4.79 Å². The lowest BCUT2D eigenvalue weighted by Gasteiger charge is -2.34. The van der Waals surface area contributed by atoms with Gasteiger partial charge in [0.1, 0.15) is 5.60 Å². The third-order valence-electron chi connectivity index (χ3n) is 4.32. The summed E-state index contributed by atoms with van der Waals surface area (Å²) in [6.07, 6.45) is 4.07. The molecular weight excluding hydrogens is 316 g/mol. The van der Waals surface area contributed by atoms with Crippen LogP contribution in [0.1, 0.15) is 67.2 Å². The Morgan fingerprint density at radius 3 is 2.68 bits per heavy atom. The number of likely N-dealkylation sites (tertiary alicyclic amines) is 1. The normalized spacial score (nSPS) is 20.2. The number of carbonyl (C=O) groups is 1. The minimum atomic E-state index is -0.434. The molecule has 1 aliphatic heterocycles. The van der Waals surface area contributed by atoms with Crippen LogP contribution in [0.3, 0.4) is 0 Å². The van der Waals surface area contributed by atoms with Gasteiger partial charge in [0, 0.05) is 32.2 Å². The highest BCUT2D eigenvalue weighted by atomic mass is 16.6. The summed E-state index contributed by atoms with van der Waals surface area (Å²) in [6, 6.07) is 0.412. The number of hydrogen-bond donors (Lipinski definition) is 2. The molecule has 1 saturated heterocycles. The van der Waals surface area contributed by atoms with E-state index >= 15 is 0 Å². The van der Waals surface area contributed by atoms with E-state index in [4.69, 9.17) is 4.74 Å². The molecule has 2 N–H and O–H groups in total. The first-order valence-corrected chi connectivity index (χ1v) is 9.78.